The molecule has 0 bridgehead atoms. The number of aliphatic hydroxyl groups excluding tert-OH is 1. The third kappa shape index (κ3) is 2.17. The normalized spacial score (nSPS) is 14.1. The highest BCUT2D eigenvalue weighted by molar-refractivity contribution is 5.70. The molecule has 1 rings (SSSR count). The molecule has 72 valence electrons. The lowest BCUT2D eigenvalue weighted by molar-refractivity contribution is 0.414. The van der Waals surface area contributed by atoms with Gasteiger partial charge in [-0.1, -0.05) is 36.3 Å². The molecule has 1 aromatic rings. The molecule has 1 aromatic carbocycles. The lowest BCUT2D eigenvalue weighted by atomic mass is 9.93. The second kappa shape index (κ2) is 4.53. The lowest BCUT2D eigenvalue weighted by Crippen LogP contribution is -1.98. The summed E-state index contributed by atoms with van der Waals surface area (Å²) in [6.45, 7) is 3.57. The molecule has 0 aliphatic heterocycles. The van der Waals surface area contributed by atoms with E-state index in [4.69, 9.17) is 6.42 Å². The molecular weight excluding hydrogens is 172 g/mol. The summed E-state index contributed by atoms with van der Waals surface area (Å²) in [4.78, 5) is 0. The van der Waals surface area contributed by atoms with Gasteiger partial charge in [0.1, 0.15) is 0 Å². The zero-order chi connectivity index (χ0) is 10.6. The largest absolute Gasteiger partial charge is 0.512 e. The smallest absolute Gasteiger partial charge is 0.0942 e. The summed E-state index contributed by atoms with van der Waals surface area (Å²) in [5.74, 6) is 2.85. The van der Waals surface area contributed by atoms with Crippen molar-refractivity contribution in [3.05, 3.63) is 41.7 Å². The van der Waals surface area contributed by atoms with Gasteiger partial charge in [-0.25, -0.2) is 0 Å². The minimum atomic E-state index is -0.0672. The molecule has 1 heteroatoms. The van der Waals surface area contributed by atoms with Crippen LogP contribution in [0.4, 0.5) is 0 Å². The summed E-state index contributed by atoms with van der Waals surface area (Å²) in [6, 6.07) is 9.70. The average Bonchev–Trinajstić information content (AvgIpc) is 2.19. The maximum Gasteiger partial charge on any atom is 0.0942 e. The lowest BCUT2D eigenvalue weighted by Gasteiger charge is -2.11. The fourth-order valence-corrected chi connectivity index (χ4v) is 1.47. The van der Waals surface area contributed by atoms with Gasteiger partial charge in [-0.3, -0.25) is 0 Å². The Morgan fingerprint density at radius 1 is 1.36 bits per heavy atom. The van der Waals surface area contributed by atoms with Crippen molar-refractivity contribution in [1.82, 2.24) is 0 Å². The molecule has 0 saturated heterocycles. The van der Waals surface area contributed by atoms with Gasteiger partial charge in [0.05, 0.1) is 5.76 Å². The Bertz CT molecular complexity index is 364. The first-order valence-electron chi connectivity index (χ1n) is 4.58. The highest BCUT2D eigenvalue weighted by Crippen LogP contribution is 2.25. The van der Waals surface area contributed by atoms with E-state index in [1.807, 2.05) is 37.3 Å². The van der Waals surface area contributed by atoms with Crippen molar-refractivity contribution in [2.24, 2.45) is 5.92 Å². The van der Waals surface area contributed by atoms with Gasteiger partial charge >= 0.3 is 0 Å². The van der Waals surface area contributed by atoms with Crippen LogP contribution < -0.4 is 0 Å². The molecule has 0 spiro atoms. The van der Waals surface area contributed by atoms with Crippen LogP contribution >= 0.6 is 0 Å². The summed E-state index contributed by atoms with van der Waals surface area (Å²) < 4.78 is 0. The first kappa shape index (κ1) is 10.4. The van der Waals surface area contributed by atoms with Crippen LogP contribution in [0.15, 0.2) is 36.1 Å². The fourth-order valence-electron chi connectivity index (χ4n) is 1.47. The van der Waals surface area contributed by atoms with Crippen molar-refractivity contribution in [3.8, 4) is 12.3 Å². The standard InChI is InChI=1S/C13H14O/c1-4-10(2)13(11(3)14)12-8-6-5-7-9-12/h1,5-10,14H,2-3H3/b13-11+/t10-/m1/s1. The Labute approximate surface area is 85.1 Å². The number of hydrogen-bond donors (Lipinski definition) is 1. The van der Waals surface area contributed by atoms with Crippen LogP contribution in [0, 0.1) is 18.3 Å². The predicted octanol–water partition coefficient (Wildman–Crippen LogP) is 3.24. The summed E-state index contributed by atoms with van der Waals surface area (Å²) in [6.07, 6.45) is 5.35. The third-order valence-electron chi connectivity index (χ3n) is 2.16. The van der Waals surface area contributed by atoms with E-state index in [0.29, 0.717) is 5.76 Å². The molecule has 14 heavy (non-hydrogen) atoms. The van der Waals surface area contributed by atoms with E-state index >= 15 is 0 Å². The summed E-state index contributed by atoms with van der Waals surface area (Å²) in [7, 11) is 0. The molecule has 0 radical (unpaired) electrons. The minimum Gasteiger partial charge on any atom is -0.512 e. The van der Waals surface area contributed by atoms with E-state index in [9.17, 15) is 5.11 Å². The first-order valence-corrected chi connectivity index (χ1v) is 4.58. The van der Waals surface area contributed by atoms with Crippen molar-refractivity contribution in [1.29, 1.82) is 0 Å². The zero-order valence-electron chi connectivity index (χ0n) is 8.49. The Morgan fingerprint density at radius 2 is 1.93 bits per heavy atom. The minimum absolute atomic E-state index is 0.0672. The van der Waals surface area contributed by atoms with Gasteiger partial charge in [0, 0.05) is 11.5 Å². The summed E-state index contributed by atoms with van der Waals surface area (Å²) >= 11 is 0. The molecule has 0 aromatic heterocycles. The maximum atomic E-state index is 9.55. The van der Waals surface area contributed by atoms with Crippen LogP contribution in [-0.2, 0) is 0 Å². The summed E-state index contributed by atoms with van der Waals surface area (Å²) in [5, 5.41) is 9.55. The molecule has 0 amide bonds. The Hall–Kier alpha value is -1.68. The van der Waals surface area contributed by atoms with Crippen molar-refractivity contribution in [2.75, 3.05) is 0 Å². The average molecular weight is 186 g/mol. The Morgan fingerprint density at radius 3 is 2.36 bits per heavy atom. The molecule has 0 unspecified atom stereocenters. The molecule has 0 heterocycles. The van der Waals surface area contributed by atoms with Crippen molar-refractivity contribution < 1.29 is 5.11 Å². The van der Waals surface area contributed by atoms with E-state index in [1.165, 1.54) is 0 Å². The molecule has 0 saturated carbocycles. The van der Waals surface area contributed by atoms with E-state index in [1.54, 1.807) is 6.92 Å². The van der Waals surface area contributed by atoms with Gasteiger partial charge in [0.15, 0.2) is 0 Å². The highest BCUT2D eigenvalue weighted by Gasteiger charge is 2.11. The number of aliphatic hydroxyl groups is 1. The number of allylic oxidation sites excluding steroid dienone is 2. The molecule has 0 aliphatic rings. The topological polar surface area (TPSA) is 20.2 Å². The third-order valence-corrected chi connectivity index (χ3v) is 2.16. The van der Waals surface area contributed by atoms with Crippen LogP contribution in [0.2, 0.25) is 0 Å². The maximum absolute atomic E-state index is 9.55. The molecule has 0 aliphatic carbocycles. The molecule has 1 nitrogen and oxygen atoms in total. The van der Waals surface area contributed by atoms with Gasteiger partial charge in [0.25, 0.3) is 0 Å². The van der Waals surface area contributed by atoms with Crippen LogP contribution in [0.3, 0.4) is 0 Å². The van der Waals surface area contributed by atoms with Gasteiger partial charge in [0.2, 0.25) is 0 Å². The van der Waals surface area contributed by atoms with E-state index < -0.39 is 0 Å². The van der Waals surface area contributed by atoms with E-state index in [-0.39, 0.29) is 5.92 Å². The van der Waals surface area contributed by atoms with Crippen LogP contribution in [-0.4, -0.2) is 5.11 Å². The number of benzene rings is 1. The Balaban J connectivity index is 3.18. The van der Waals surface area contributed by atoms with Crippen molar-refractivity contribution >= 4 is 5.57 Å². The number of hydrogen-bond acceptors (Lipinski definition) is 1. The molecule has 0 fully saturated rings. The van der Waals surface area contributed by atoms with Crippen LogP contribution in [0.5, 0.6) is 0 Å². The van der Waals surface area contributed by atoms with Crippen molar-refractivity contribution in [3.63, 3.8) is 0 Å². The second-order valence-electron chi connectivity index (χ2n) is 3.25. The number of terminal acetylenes is 1. The SMILES string of the molecule is C#C[C@@H](C)/C(=C(/C)O)c1ccccc1. The van der Waals surface area contributed by atoms with E-state index in [2.05, 4.69) is 5.92 Å². The molecule has 1 atom stereocenters. The second-order valence-corrected chi connectivity index (χ2v) is 3.25. The van der Waals surface area contributed by atoms with Gasteiger partial charge in [-0.15, -0.1) is 6.42 Å². The van der Waals surface area contributed by atoms with Crippen LogP contribution in [0.25, 0.3) is 5.57 Å². The molecule has 1 N–H and O–H groups in total. The first-order chi connectivity index (χ1) is 6.66. The zero-order valence-corrected chi connectivity index (χ0v) is 8.49. The van der Waals surface area contributed by atoms with E-state index in [0.717, 1.165) is 11.1 Å². The van der Waals surface area contributed by atoms with Crippen molar-refractivity contribution in [2.45, 2.75) is 13.8 Å². The quantitative estimate of drug-likeness (QED) is 0.555. The predicted molar refractivity (Wildman–Crippen MR) is 59.7 cm³/mol. The summed E-state index contributed by atoms with van der Waals surface area (Å²) in [5.41, 5.74) is 1.81. The monoisotopic (exact) mass is 186 g/mol. The van der Waals surface area contributed by atoms with Gasteiger partial charge in [-0.05, 0) is 19.4 Å². The van der Waals surface area contributed by atoms with Gasteiger partial charge in [-0.2, -0.15) is 0 Å². The highest BCUT2D eigenvalue weighted by atomic mass is 16.3. The molecular formula is C13H14O. The van der Waals surface area contributed by atoms with Crippen LogP contribution in [0.1, 0.15) is 19.4 Å². The van der Waals surface area contributed by atoms with Gasteiger partial charge < -0.3 is 5.11 Å². The Kier molecular flexibility index (Phi) is 3.36. The fraction of sp³-hybridized carbons (Fsp3) is 0.231. The number of rotatable bonds is 2.